The number of carbonyl (C=O) groups excluding carboxylic acids is 2. The van der Waals surface area contributed by atoms with Crippen LogP contribution in [0.3, 0.4) is 0 Å². The monoisotopic (exact) mass is 360 g/mol. The van der Waals surface area contributed by atoms with Gasteiger partial charge >= 0.3 is 6.09 Å². The normalized spacial score (nSPS) is 21.4. The molecule has 1 aromatic rings. The highest BCUT2D eigenvalue weighted by Crippen LogP contribution is 2.31. The number of pyridine rings is 1. The predicted molar refractivity (Wildman–Crippen MR) is 98.2 cm³/mol. The van der Waals surface area contributed by atoms with Crippen molar-refractivity contribution < 1.29 is 14.3 Å². The molecule has 7 nitrogen and oxygen atoms in total. The minimum absolute atomic E-state index is 0.167. The Labute approximate surface area is 154 Å². The van der Waals surface area contributed by atoms with Gasteiger partial charge in [0, 0.05) is 51.4 Å². The zero-order chi connectivity index (χ0) is 18.9. The second-order valence-electron chi connectivity index (χ2n) is 8.08. The number of nitrogens with one attached hydrogen (secondary N) is 1. The van der Waals surface area contributed by atoms with Gasteiger partial charge in [0.25, 0.3) is 5.91 Å². The summed E-state index contributed by atoms with van der Waals surface area (Å²) in [5.74, 6) is 0.275. The number of rotatable bonds is 3. The molecule has 0 aliphatic carbocycles. The van der Waals surface area contributed by atoms with Crippen LogP contribution in [0.25, 0.3) is 0 Å². The molecule has 2 saturated heterocycles. The maximum Gasteiger partial charge on any atom is 0.410 e. The Bertz CT molecular complexity index is 662. The molecule has 3 heterocycles. The third kappa shape index (κ3) is 4.15. The summed E-state index contributed by atoms with van der Waals surface area (Å²) >= 11 is 0. The van der Waals surface area contributed by atoms with Gasteiger partial charge in [-0.25, -0.2) is 4.79 Å². The average Bonchev–Trinajstić information content (AvgIpc) is 3.01. The van der Waals surface area contributed by atoms with Crippen molar-refractivity contribution in [2.24, 2.45) is 0 Å². The van der Waals surface area contributed by atoms with E-state index < -0.39 is 5.60 Å². The van der Waals surface area contributed by atoms with Crippen LogP contribution in [0, 0.1) is 0 Å². The van der Waals surface area contributed by atoms with Crippen molar-refractivity contribution in [1.29, 1.82) is 0 Å². The molecule has 0 radical (unpaired) electrons. The van der Waals surface area contributed by atoms with Crippen LogP contribution in [0.1, 0.15) is 49.2 Å². The lowest BCUT2D eigenvalue weighted by atomic mass is 9.90. The Morgan fingerprint density at radius 3 is 2.54 bits per heavy atom. The Hall–Kier alpha value is -2.15. The van der Waals surface area contributed by atoms with E-state index in [-0.39, 0.29) is 12.0 Å². The standard InChI is InChI=1S/C19H28N4O3/c1-19(2,3)26-18(25)22-8-7-15(12-22)23-10-14(11-23)13-5-6-16(21-9-13)17(24)20-4/h5-6,9,14-15H,7-8,10-12H2,1-4H3,(H,20,24). The molecular formula is C19H28N4O3. The number of likely N-dealkylation sites (tertiary alicyclic amines) is 2. The number of hydrogen-bond acceptors (Lipinski definition) is 5. The van der Waals surface area contributed by atoms with Gasteiger partial charge in [0.2, 0.25) is 0 Å². The van der Waals surface area contributed by atoms with Gasteiger partial charge in [-0.1, -0.05) is 6.07 Å². The van der Waals surface area contributed by atoms with Crippen molar-refractivity contribution in [2.75, 3.05) is 33.2 Å². The van der Waals surface area contributed by atoms with Gasteiger partial charge < -0.3 is 15.0 Å². The molecular weight excluding hydrogens is 332 g/mol. The van der Waals surface area contributed by atoms with Gasteiger partial charge in [-0.3, -0.25) is 14.7 Å². The van der Waals surface area contributed by atoms with E-state index in [0.717, 1.165) is 38.2 Å². The molecule has 0 aromatic carbocycles. The molecule has 0 bridgehead atoms. The molecule has 3 rings (SSSR count). The third-order valence-electron chi connectivity index (χ3n) is 4.96. The number of ether oxygens (including phenoxy) is 1. The smallest absolute Gasteiger partial charge is 0.410 e. The number of amides is 2. The summed E-state index contributed by atoms with van der Waals surface area (Å²) in [7, 11) is 1.60. The van der Waals surface area contributed by atoms with Crippen molar-refractivity contribution in [2.45, 2.75) is 44.8 Å². The van der Waals surface area contributed by atoms with E-state index in [4.69, 9.17) is 4.74 Å². The Balaban J connectivity index is 1.48. The van der Waals surface area contributed by atoms with Gasteiger partial charge in [-0.15, -0.1) is 0 Å². The van der Waals surface area contributed by atoms with Crippen molar-refractivity contribution in [3.05, 3.63) is 29.6 Å². The molecule has 2 fully saturated rings. The lowest BCUT2D eigenvalue weighted by molar-refractivity contribution is 0.0260. The summed E-state index contributed by atoms with van der Waals surface area (Å²) in [6.07, 6.45) is 2.57. The van der Waals surface area contributed by atoms with Crippen LogP contribution >= 0.6 is 0 Å². The van der Waals surface area contributed by atoms with Crippen LogP contribution in [-0.2, 0) is 4.74 Å². The number of aromatic nitrogens is 1. The number of nitrogens with zero attached hydrogens (tertiary/aromatic N) is 3. The molecule has 1 atom stereocenters. The maximum atomic E-state index is 12.2. The van der Waals surface area contributed by atoms with Gasteiger partial charge in [-0.2, -0.15) is 0 Å². The van der Waals surface area contributed by atoms with E-state index >= 15 is 0 Å². The number of carbonyl (C=O) groups is 2. The van der Waals surface area contributed by atoms with Crippen LogP contribution in [0.2, 0.25) is 0 Å². The summed E-state index contributed by atoms with van der Waals surface area (Å²) in [5.41, 5.74) is 1.15. The molecule has 7 heteroatoms. The van der Waals surface area contributed by atoms with Gasteiger partial charge in [0.1, 0.15) is 11.3 Å². The fraction of sp³-hybridized carbons (Fsp3) is 0.632. The molecule has 2 aliphatic heterocycles. The van der Waals surface area contributed by atoms with Crippen molar-refractivity contribution in [3.8, 4) is 0 Å². The SMILES string of the molecule is CNC(=O)c1ccc(C2CN(C3CCN(C(=O)OC(C)(C)C)C3)C2)cn1. The van der Waals surface area contributed by atoms with E-state index in [0.29, 0.717) is 17.7 Å². The minimum Gasteiger partial charge on any atom is -0.444 e. The maximum absolute atomic E-state index is 12.2. The minimum atomic E-state index is -0.454. The summed E-state index contributed by atoms with van der Waals surface area (Å²) in [4.78, 5) is 32.2. The zero-order valence-electron chi connectivity index (χ0n) is 16.0. The van der Waals surface area contributed by atoms with Gasteiger partial charge in [0.05, 0.1) is 0 Å². The summed E-state index contributed by atoms with van der Waals surface area (Å²) in [6.45, 7) is 9.09. The highest BCUT2D eigenvalue weighted by molar-refractivity contribution is 5.91. The molecule has 2 aliphatic rings. The van der Waals surface area contributed by atoms with Crippen molar-refractivity contribution >= 4 is 12.0 Å². The largest absolute Gasteiger partial charge is 0.444 e. The van der Waals surface area contributed by atoms with Crippen LogP contribution < -0.4 is 5.32 Å². The van der Waals surface area contributed by atoms with Crippen molar-refractivity contribution in [1.82, 2.24) is 20.1 Å². The van der Waals surface area contributed by atoms with Crippen LogP contribution in [0.4, 0.5) is 4.79 Å². The predicted octanol–water partition coefficient (Wildman–Crippen LogP) is 1.85. The third-order valence-corrected chi connectivity index (χ3v) is 4.96. The molecule has 2 amide bonds. The van der Waals surface area contributed by atoms with Gasteiger partial charge in [-0.05, 0) is 38.8 Å². The van der Waals surface area contributed by atoms with E-state index in [2.05, 4.69) is 15.2 Å². The quantitative estimate of drug-likeness (QED) is 0.890. The van der Waals surface area contributed by atoms with Crippen LogP contribution in [0.15, 0.2) is 18.3 Å². The van der Waals surface area contributed by atoms with Crippen LogP contribution in [-0.4, -0.2) is 71.7 Å². The van der Waals surface area contributed by atoms with Gasteiger partial charge in [0.15, 0.2) is 0 Å². The summed E-state index contributed by atoms with van der Waals surface area (Å²) in [6, 6.07) is 4.16. The second-order valence-corrected chi connectivity index (χ2v) is 8.08. The molecule has 1 unspecified atom stereocenters. The first kappa shape index (κ1) is 18.6. The topological polar surface area (TPSA) is 74.8 Å². The van der Waals surface area contributed by atoms with Crippen LogP contribution in [0.5, 0.6) is 0 Å². The molecule has 0 spiro atoms. The first-order valence-corrected chi connectivity index (χ1v) is 9.17. The molecule has 1 N–H and O–H groups in total. The van der Waals surface area contributed by atoms with E-state index in [1.807, 2.05) is 31.7 Å². The molecule has 1 aromatic heterocycles. The zero-order valence-corrected chi connectivity index (χ0v) is 16.0. The highest BCUT2D eigenvalue weighted by Gasteiger charge is 2.38. The molecule has 142 valence electrons. The van der Waals surface area contributed by atoms with E-state index in [1.165, 1.54) is 0 Å². The highest BCUT2D eigenvalue weighted by atomic mass is 16.6. The lowest BCUT2D eigenvalue weighted by Gasteiger charge is -2.43. The Kier molecular flexibility index (Phi) is 5.18. The Morgan fingerprint density at radius 2 is 1.96 bits per heavy atom. The van der Waals surface area contributed by atoms with E-state index in [1.54, 1.807) is 19.3 Å². The Morgan fingerprint density at radius 1 is 1.23 bits per heavy atom. The fourth-order valence-electron chi connectivity index (χ4n) is 3.46. The summed E-state index contributed by atoms with van der Waals surface area (Å²) < 4.78 is 5.46. The summed E-state index contributed by atoms with van der Waals surface area (Å²) in [5, 5.41) is 2.58. The second kappa shape index (κ2) is 7.23. The first-order chi connectivity index (χ1) is 12.3. The average molecular weight is 360 g/mol. The lowest BCUT2D eigenvalue weighted by Crippen LogP contribution is -2.52. The first-order valence-electron chi connectivity index (χ1n) is 9.17. The molecule has 26 heavy (non-hydrogen) atoms. The molecule has 0 saturated carbocycles. The van der Waals surface area contributed by atoms with E-state index in [9.17, 15) is 9.59 Å². The van der Waals surface area contributed by atoms with Crippen molar-refractivity contribution in [3.63, 3.8) is 0 Å². The fourth-order valence-corrected chi connectivity index (χ4v) is 3.46. The number of hydrogen-bond donors (Lipinski definition) is 1.